The number of nitrogen functional groups attached to an aromatic ring is 1. The molecule has 1 aromatic rings. The number of rotatable bonds is 6. The zero-order valence-electron chi connectivity index (χ0n) is 13.8. The van der Waals surface area contributed by atoms with Crippen LogP contribution in [0.15, 0.2) is 18.2 Å². The summed E-state index contributed by atoms with van der Waals surface area (Å²) in [6.07, 6.45) is -0.239. The Morgan fingerprint density at radius 2 is 2.00 bits per heavy atom. The van der Waals surface area contributed by atoms with Crippen LogP contribution in [-0.2, 0) is 9.59 Å². The van der Waals surface area contributed by atoms with Crippen LogP contribution in [0.4, 0.5) is 17.1 Å². The average Bonchev–Trinajstić information content (AvgIpc) is 2.55. The lowest BCUT2D eigenvalue weighted by Gasteiger charge is -2.35. The summed E-state index contributed by atoms with van der Waals surface area (Å²) in [5.41, 5.74) is 5.39. The number of nitro benzene ring substituents is 1. The van der Waals surface area contributed by atoms with E-state index in [-0.39, 0.29) is 23.5 Å². The van der Waals surface area contributed by atoms with Gasteiger partial charge in [0.25, 0.3) is 5.69 Å². The van der Waals surface area contributed by atoms with Crippen molar-refractivity contribution in [1.82, 2.24) is 9.80 Å². The molecule has 1 amide bonds. The molecule has 2 rings (SSSR count). The number of carbonyl (C=O) groups is 2. The van der Waals surface area contributed by atoms with Crippen molar-refractivity contribution in [2.24, 2.45) is 0 Å². The summed E-state index contributed by atoms with van der Waals surface area (Å²) in [6, 6.07) is 2.98. The third-order valence-electron chi connectivity index (χ3n) is 4.15. The molecule has 0 bridgehead atoms. The van der Waals surface area contributed by atoms with E-state index in [0.717, 1.165) is 19.2 Å². The maximum absolute atomic E-state index is 12.2. The first-order chi connectivity index (χ1) is 11.8. The minimum absolute atomic E-state index is 0.0103. The first-order valence-corrected chi connectivity index (χ1v) is 7.77. The topological polar surface area (TPSA) is 142 Å². The van der Waals surface area contributed by atoms with Gasteiger partial charge in [-0.2, -0.15) is 0 Å². The molecule has 0 spiro atoms. The predicted octanol–water partition coefficient (Wildman–Crippen LogP) is 0.206. The molecule has 1 atom stereocenters. The highest BCUT2D eigenvalue weighted by Crippen LogP contribution is 2.25. The fraction of sp³-hybridized carbons (Fsp3) is 0.467. The first kappa shape index (κ1) is 18.6. The summed E-state index contributed by atoms with van der Waals surface area (Å²) in [5, 5.41) is 22.8. The highest BCUT2D eigenvalue weighted by Gasteiger charge is 2.30. The Kier molecular flexibility index (Phi) is 5.88. The van der Waals surface area contributed by atoms with Gasteiger partial charge in [-0.1, -0.05) is 0 Å². The number of carbonyl (C=O) groups excluding carboxylic acids is 1. The van der Waals surface area contributed by atoms with Crippen molar-refractivity contribution >= 4 is 28.9 Å². The van der Waals surface area contributed by atoms with Gasteiger partial charge in [0.1, 0.15) is 11.7 Å². The molecule has 1 unspecified atom stereocenters. The monoisotopic (exact) mass is 351 g/mol. The third kappa shape index (κ3) is 4.88. The first-order valence-electron chi connectivity index (χ1n) is 7.77. The highest BCUT2D eigenvalue weighted by molar-refractivity contribution is 5.94. The second-order valence-corrected chi connectivity index (χ2v) is 5.98. The van der Waals surface area contributed by atoms with Gasteiger partial charge in [-0.3, -0.25) is 24.6 Å². The van der Waals surface area contributed by atoms with E-state index in [1.54, 1.807) is 4.90 Å². The molecule has 0 aromatic heterocycles. The van der Waals surface area contributed by atoms with E-state index in [0.29, 0.717) is 13.1 Å². The average molecular weight is 351 g/mol. The van der Waals surface area contributed by atoms with E-state index in [2.05, 4.69) is 10.2 Å². The zero-order chi connectivity index (χ0) is 18.6. The van der Waals surface area contributed by atoms with Crippen molar-refractivity contribution in [1.29, 1.82) is 0 Å². The van der Waals surface area contributed by atoms with Crippen molar-refractivity contribution in [3.05, 3.63) is 28.3 Å². The molecule has 10 nitrogen and oxygen atoms in total. The second-order valence-electron chi connectivity index (χ2n) is 5.98. The van der Waals surface area contributed by atoms with Crippen LogP contribution in [0.2, 0.25) is 0 Å². The number of nitrogens with zero attached hydrogens (tertiary/aromatic N) is 3. The number of hydrogen-bond donors (Lipinski definition) is 3. The van der Waals surface area contributed by atoms with Gasteiger partial charge < -0.3 is 21.1 Å². The van der Waals surface area contributed by atoms with Gasteiger partial charge in [0, 0.05) is 37.9 Å². The fourth-order valence-electron chi connectivity index (χ4n) is 2.67. The summed E-state index contributed by atoms with van der Waals surface area (Å²) >= 11 is 0. The number of aliphatic carboxylic acids is 1. The molecule has 1 aromatic carbocycles. The second kappa shape index (κ2) is 7.90. The number of piperazine rings is 1. The number of carboxylic acid groups (broad SMARTS) is 1. The van der Waals surface area contributed by atoms with Gasteiger partial charge in [-0.05, 0) is 19.2 Å². The van der Waals surface area contributed by atoms with E-state index in [1.807, 2.05) is 7.05 Å². The number of likely N-dealkylation sites (N-methyl/N-ethyl adjacent to an activating group) is 1. The van der Waals surface area contributed by atoms with E-state index >= 15 is 0 Å². The summed E-state index contributed by atoms with van der Waals surface area (Å²) in [4.78, 5) is 37.8. The van der Waals surface area contributed by atoms with Crippen LogP contribution < -0.4 is 11.1 Å². The number of nitro groups is 1. The summed E-state index contributed by atoms with van der Waals surface area (Å²) < 4.78 is 0. The minimum atomic E-state index is -1.07. The Balaban J connectivity index is 2.03. The number of nitrogens with one attached hydrogen (secondary N) is 1. The summed E-state index contributed by atoms with van der Waals surface area (Å²) in [5.74, 6) is -1.59. The van der Waals surface area contributed by atoms with Crippen molar-refractivity contribution < 1.29 is 19.6 Å². The molecular formula is C15H21N5O5. The molecule has 0 radical (unpaired) electrons. The van der Waals surface area contributed by atoms with Gasteiger partial charge in [-0.15, -0.1) is 0 Å². The standard InChI is InChI=1S/C15H21N5O5/c1-18-4-6-19(7-5-18)13(15(22)23)9-14(21)17-10-2-3-11(16)12(8-10)20(24)25/h2-3,8,13H,4-7,9,16H2,1H3,(H,17,21)(H,22,23). The number of nitrogens with two attached hydrogens (primary N) is 1. The number of benzene rings is 1. The molecule has 1 heterocycles. The Morgan fingerprint density at radius 3 is 2.56 bits per heavy atom. The largest absolute Gasteiger partial charge is 0.480 e. The van der Waals surface area contributed by atoms with Crippen molar-refractivity contribution in [3.8, 4) is 0 Å². The van der Waals surface area contributed by atoms with Gasteiger partial charge in [0.05, 0.1) is 11.3 Å². The Labute approximate surface area is 144 Å². The maximum atomic E-state index is 12.2. The van der Waals surface area contributed by atoms with Gasteiger partial charge >= 0.3 is 5.97 Å². The maximum Gasteiger partial charge on any atom is 0.321 e. The SMILES string of the molecule is CN1CCN(C(CC(=O)Nc2ccc(N)c([N+](=O)[O-])c2)C(=O)O)CC1. The smallest absolute Gasteiger partial charge is 0.321 e. The number of carboxylic acids is 1. The number of anilines is 2. The van der Waals surface area contributed by atoms with Crippen LogP contribution in [0, 0.1) is 10.1 Å². The Hall–Kier alpha value is -2.72. The van der Waals surface area contributed by atoms with E-state index in [1.165, 1.54) is 12.1 Å². The van der Waals surface area contributed by atoms with Gasteiger partial charge in [0.15, 0.2) is 0 Å². The molecule has 10 heteroatoms. The lowest BCUT2D eigenvalue weighted by Crippen LogP contribution is -2.52. The lowest BCUT2D eigenvalue weighted by atomic mass is 10.1. The van der Waals surface area contributed by atoms with Crippen molar-refractivity contribution in [3.63, 3.8) is 0 Å². The number of hydrogen-bond acceptors (Lipinski definition) is 7. The van der Waals surface area contributed by atoms with Crippen LogP contribution in [0.1, 0.15) is 6.42 Å². The minimum Gasteiger partial charge on any atom is -0.480 e. The van der Waals surface area contributed by atoms with Crippen molar-refractivity contribution in [2.45, 2.75) is 12.5 Å². The fourth-order valence-corrected chi connectivity index (χ4v) is 2.67. The van der Waals surface area contributed by atoms with Crippen molar-refractivity contribution in [2.75, 3.05) is 44.3 Å². The van der Waals surface area contributed by atoms with Crippen LogP contribution in [0.3, 0.4) is 0 Å². The van der Waals surface area contributed by atoms with Crippen LogP contribution >= 0.6 is 0 Å². The van der Waals surface area contributed by atoms with Crippen LogP contribution in [0.5, 0.6) is 0 Å². The van der Waals surface area contributed by atoms with E-state index in [9.17, 15) is 24.8 Å². The quantitative estimate of drug-likeness (QED) is 0.375. The molecule has 25 heavy (non-hydrogen) atoms. The molecule has 4 N–H and O–H groups in total. The Bertz CT molecular complexity index is 672. The lowest BCUT2D eigenvalue weighted by molar-refractivity contribution is -0.383. The van der Waals surface area contributed by atoms with Crippen LogP contribution in [-0.4, -0.2) is 71.0 Å². The zero-order valence-corrected chi connectivity index (χ0v) is 13.8. The third-order valence-corrected chi connectivity index (χ3v) is 4.15. The van der Waals surface area contributed by atoms with E-state index in [4.69, 9.17) is 5.73 Å². The van der Waals surface area contributed by atoms with Gasteiger partial charge in [-0.25, -0.2) is 0 Å². The molecule has 0 saturated carbocycles. The summed E-state index contributed by atoms with van der Waals surface area (Å²) in [7, 11) is 1.95. The molecule has 1 fully saturated rings. The normalized spacial score (nSPS) is 17.0. The predicted molar refractivity (Wildman–Crippen MR) is 91.2 cm³/mol. The van der Waals surface area contributed by atoms with Gasteiger partial charge in [0.2, 0.25) is 5.91 Å². The van der Waals surface area contributed by atoms with Crippen LogP contribution in [0.25, 0.3) is 0 Å². The summed E-state index contributed by atoms with van der Waals surface area (Å²) in [6.45, 7) is 2.59. The highest BCUT2D eigenvalue weighted by atomic mass is 16.6. The molecule has 1 aliphatic rings. The molecule has 1 aliphatic heterocycles. The molecule has 0 aliphatic carbocycles. The molecular weight excluding hydrogens is 330 g/mol. The molecule has 136 valence electrons. The Morgan fingerprint density at radius 1 is 1.36 bits per heavy atom. The van der Waals surface area contributed by atoms with E-state index < -0.39 is 22.8 Å². The molecule has 1 saturated heterocycles. The number of amides is 1.